The molecule has 0 bridgehead atoms. The van der Waals surface area contributed by atoms with Gasteiger partial charge in [-0.1, -0.05) is 5.21 Å². The van der Waals surface area contributed by atoms with Gasteiger partial charge in [-0.15, -0.1) is 16.4 Å². The highest BCUT2D eigenvalue weighted by molar-refractivity contribution is 7.09. The van der Waals surface area contributed by atoms with Crippen LogP contribution in [0.3, 0.4) is 0 Å². The van der Waals surface area contributed by atoms with Crippen LogP contribution < -0.4 is 0 Å². The molecule has 140 valence electrons. The Morgan fingerprint density at radius 3 is 2.69 bits per heavy atom. The number of aryl methyl sites for hydroxylation is 1. The topological polar surface area (TPSA) is 67.2 Å². The third-order valence-corrected chi connectivity index (χ3v) is 7.06. The first kappa shape index (κ1) is 17.6. The second kappa shape index (κ2) is 6.74. The maximum Gasteiger partial charge on any atom is 0.275 e. The number of thiazole rings is 1. The molecule has 2 aromatic heterocycles. The number of nitrogens with zero attached hydrogens (tertiary/aromatic N) is 6. The molecule has 1 saturated heterocycles. The first-order valence-electron chi connectivity index (χ1n) is 9.23. The maximum atomic E-state index is 12.1. The highest BCUT2D eigenvalue weighted by Gasteiger charge is 2.49. The fourth-order valence-electron chi connectivity index (χ4n) is 4.27. The van der Waals surface area contributed by atoms with Crippen LogP contribution in [0, 0.1) is 12.3 Å². The van der Waals surface area contributed by atoms with Gasteiger partial charge >= 0.3 is 0 Å². The van der Waals surface area contributed by atoms with Gasteiger partial charge in [-0.05, 0) is 51.1 Å². The van der Waals surface area contributed by atoms with Gasteiger partial charge in [-0.3, -0.25) is 9.69 Å². The molecular formula is C18H26N6OS. The van der Waals surface area contributed by atoms with E-state index in [1.807, 2.05) is 16.4 Å². The van der Waals surface area contributed by atoms with E-state index in [0.717, 1.165) is 31.7 Å². The lowest BCUT2D eigenvalue weighted by molar-refractivity contribution is -0.0332. The second-order valence-corrected chi connectivity index (χ2v) is 8.78. The van der Waals surface area contributed by atoms with Crippen molar-refractivity contribution >= 4 is 17.2 Å². The number of hydrogen-bond donors (Lipinski definition) is 0. The van der Waals surface area contributed by atoms with Gasteiger partial charge in [0, 0.05) is 25.5 Å². The summed E-state index contributed by atoms with van der Waals surface area (Å²) in [5, 5.41) is 8.38. The van der Waals surface area contributed by atoms with E-state index in [4.69, 9.17) is 0 Å². The minimum absolute atomic E-state index is 0.0839. The molecule has 2 aliphatic rings. The first-order valence-corrected chi connectivity index (χ1v) is 10.1. The summed E-state index contributed by atoms with van der Waals surface area (Å²) in [6, 6.07) is 0.381. The van der Waals surface area contributed by atoms with Crippen LogP contribution >= 0.6 is 11.3 Å². The Morgan fingerprint density at radius 2 is 2.12 bits per heavy atom. The molecule has 1 amide bonds. The zero-order chi connectivity index (χ0) is 18.3. The van der Waals surface area contributed by atoms with E-state index in [0.29, 0.717) is 17.2 Å². The molecule has 4 rings (SSSR count). The molecule has 1 aliphatic heterocycles. The van der Waals surface area contributed by atoms with Crippen LogP contribution in [0.4, 0.5) is 0 Å². The molecule has 26 heavy (non-hydrogen) atoms. The molecule has 1 aliphatic carbocycles. The fraction of sp³-hybridized carbons (Fsp3) is 0.667. The number of piperidine rings is 1. The lowest BCUT2D eigenvalue weighted by Gasteiger charge is -2.53. The monoisotopic (exact) mass is 374 g/mol. The van der Waals surface area contributed by atoms with E-state index >= 15 is 0 Å². The summed E-state index contributed by atoms with van der Waals surface area (Å²) >= 11 is 1.76. The summed E-state index contributed by atoms with van der Waals surface area (Å²) in [4.78, 5) is 21.9. The third-order valence-electron chi connectivity index (χ3n) is 6.14. The Morgan fingerprint density at radius 1 is 1.35 bits per heavy atom. The predicted molar refractivity (Wildman–Crippen MR) is 100 cm³/mol. The number of aromatic nitrogens is 4. The maximum absolute atomic E-state index is 12.1. The number of amides is 1. The standard InChI is InChI=1S/C18H26N6OS/c1-13-15(26-12-19-13)11-23-8-6-18(7-9-23)5-4-16(18)24-10-14(20-21-24)17(25)22(2)3/h10,12,16H,4-9,11H2,1-3H3. The molecule has 3 heterocycles. The molecule has 2 aromatic rings. The van der Waals surface area contributed by atoms with Crippen molar-refractivity contribution in [3.05, 3.63) is 28.0 Å². The molecule has 0 N–H and O–H groups in total. The average Bonchev–Trinajstić information content (AvgIpc) is 3.24. The van der Waals surface area contributed by atoms with Gasteiger partial charge < -0.3 is 4.90 Å². The van der Waals surface area contributed by atoms with E-state index in [1.165, 1.54) is 24.1 Å². The number of likely N-dealkylation sites (tertiary alicyclic amines) is 1. The zero-order valence-electron chi connectivity index (χ0n) is 15.7. The van der Waals surface area contributed by atoms with Crippen molar-refractivity contribution in [3.8, 4) is 0 Å². The van der Waals surface area contributed by atoms with Crippen molar-refractivity contribution < 1.29 is 4.79 Å². The smallest absolute Gasteiger partial charge is 0.275 e. The Bertz CT molecular complexity index is 789. The molecule has 0 radical (unpaired) electrons. The van der Waals surface area contributed by atoms with Crippen LogP contribution in [0.2, 0.25) is 0 Å². The summed E-state index contributed by atoms with van der Waals surface area (Å²) < 4.78 is 1.95. The van der Waals surface area contributed by atoms with Gasteiger partial charge in [0.1, 0.15) is 0 Å². The normalized spacial score (nSPS) is 22.3. The average molecular weight is 375 g/mol. The molecule has 1 spiro atoms. The summed E-state index contributed by atoms with van der Waals surface area (Å²) in [6.45, 7) is 5.34. The Balaban J connectivity index is 1.40. The van der Waals surface area contributed by atoms with Gasteiger partial charge in [0.15, 0.2) is 5.69 Å². The van der Waals surface area contributed by atoms with Crippen LogP contribution in [-0.2, 0) is 6.54 Å². The largest absolute Gasteiger partial charge is 0.343 e. The number of carbonyl (C=O) groups is 1. The van der Waals surface area contributed by atoms with Crippen molar-refractivity contribution in [1.82, 2.24) is 29.8 Å². The molecule has 2 fully saturated rings. The zero-order valence-corrected chi connectivity index (χ0v) is 16.5. The van der Waals surface area contributed by atoms with Crippen LogP contribution in [-0.4, -0.2) is 62.9 Å². The van der Waals surface area contributed by atoms with Crippen molar-refractivity contribution in [3.63, 3.8) is 0 Å². The third kappa shape index (κ3) is 3.05. The van der Waals surface area contributed by atoms with E-state index < -0.39 is 0 Å². The molecule has 8 heteroatoms. The number of hydrogen-bond acceptors (Lipinski definition) is 6. The van der Waals surface area contributed by atoms with Crippen molar-refractivity contribution in [2.45, 2.75) is 45.2 Å². The number of rotatable bonds is 4. The van der Waals surface area contributed by atoms with Crippen molar-refractivity contribution in [1.29, 1.82) is 0 Å². The van der Waals surface area contributed by atoms with Gasteiger partial charge in [0.2, 0.25) is 0 Å². The Kier molecular flexibility index (Phi) is 4.56. The van der Waals surface area contributed by atoms with Gasteiger partial charge in [0.05, 0.1) is 23.4 Å². The molecule has 1 atom stereocenters. The minimum Gasteiger partial charge on any atom is -0.343 e. The summed E-state index contributed by atoms with van der Waals surface area (Å²) in [7, 11) is 3.49. The fourth-order valence-corrected chi connectivity index (χ4v) is 5.09. The SMILES string of the molecule is Cc1ncsc1CN1CCC2(CCC2n2cc(C(=O)N(C)C)nn2)CC1. The van der Waals surface area contributed by atoms with Crippen LogP contribution in [0.15, 0.2) is 11.7 Å². The summed E-state index contributed by atoms with van der Waals surface area (Å²) in [5.74, 6) is -0.0839. The Hall–Kier alpha value is -1.80. The molecule has 0 aromatic carbocycles. The second-order valence-electron chi connectivity index (χ2n) is 7.84. The minimum atomic E-state index is -0.0839. The van der Waals surface area contributed by atoms with Gasteiger partial charge in [-0.25, -0.2) is 9.67 Å². The number of carbonyl (C=O) groups excluding carboxylic acids is 1. The summed E-state index contributed by atoms with van der Waals surface area (Å²) in [5.41, 5.74) is 3.87. The van der Waals surface area contributed by atoms with E-state index in [2.05, 4.69) is 27.1 Å². The highest BCUT2D eigenvalue weighted by Crippen LogP contribution is 2.56. The highest BCUT2D eigenvalue weighted by atomic mass is 32.1. The van der Waals surface area contributed by atoms with Crippen molar-refractivity contribution in [2.24, 2.45) is 5.41 Å². The van der Waals surface area contributed by atoms with E-state index in [9.17, 15) is 4.79 Å². The molecule has 7 nitrogen and oxygen atoms in total. The lowest BCUT2D eigenvalue weighted by atomic mass is 9.59. The quantitative estimate of drug-likeness (QED) is 0.822. The first-order chi connectivity index (χ1) is 12.5. The van der Waals surface area contributed by atoms with E-state index in [-0.39, 0.29) is 5.91 Å². The van der Waals surface area contributed by atoms with Gasteiger partial charge in [0.25, 0.3) is 5.91 Å². The summed E-state index contributed by atoms with van der Waals surface area (Å²) in [6.07, 6.45) is 6.59. The van der Waals surface area contributed by atoms with E-state index in [1.54, 1.807) is 30.3 Å². The van der Waals surface area contributed by atoms with Crippen molar-refractivity contribution in [2.75, 3.05) is 27.2 Å². The molecule has 1 saturated carbocycles. The van der Waals surface area contributed by atoms with Gasteiger partial charge in [-0.2, -0.15) is 0 Å². The van der Waals surface area contributed by atoms with Crippen LogP contribution in [0.1, 0.15) is 52.8 Å². The lowest BCUT2D eigenvalue weighted by Crippen LogP contribution is -2.49. The Labute approximate surface area is 158 Å². The molecular weight excluding hydrogens is 348 g/mol. The van der Waals surface area contributed by atoms with Crippen LogP contribution in [0.5, 0.6) is 0 Å². The predicted octanol–water partition coefficient (Wildman–Crippen LogP) is 2.36. The van der Waals surface area contributed by atoms with Crippen LogP contribution in [0.25, 0.3) is 0 Å². The molecule has 1 unspecified atom stereocenters.